The predicted molar refractivity (Wildman–Crippen MR) is 58.6 cm³/mol. The van der Waals surface area contributed by atoms with Crippen LogP contribution in [0.4, 0.5) is 0 Å². The van der Waals surface area contributed by atoms with E-state index < -0.39 is 5.60 Å². The molecule has 1 saturated heterocycles. The van der Waals surface area contributed by atoms with Crippen molar-refractivity contribution in [2.45, 2.75) is 24.9 Å². The summed E-state index contributed by atoms with van der Waals surface area (Å²) in [6.07, 6.45) is 3.33. The molecule has 4 nitrogen and oxygen atoms in total. The normalized spacial score (nSPS) is 28.4. The summed E-state index contributed by atoms with van der Waals surface area (Å²) in [6, 6.07) is 0. The Morgan fingerprint density at radius 3 is 2.80 bits per heavy atom. The van der Waals surface area contributed by atoms with Gasteiger partial charge in [0.25, 0.3) is 0 Å². The number of β-amino-alcohol motifs (C(OH)–C–C–N with tert-alkyl or cyclic N) is 1. The highest BCUT2D eigenvalue weighted by Gasteiger charge is 2.43. The Labute approximate surface area is 91.4 Å². The van der Waals surface area contributed by atoms with E-state index in [1.165, 1.54) is 0 Å². The van der Waals surface area contributed by atoms with Crippen molar-refractivity contribution in [3.8, 4) is 0 Å². The van der Waals surface area contributed by atoms with Gasteiger partial charge in [0.2, 0.25) is 0 Å². The number of hydrogen-bond acceptors (Lipinski definition) is 4. The average molecular weight is 214 g/mol. The Hall–Kier alpha value is -0.160. The Morgan fingerprint density at radius 2 is 2.13 bits per heavy atom. The van der Waals surface area contributed by atoms with Crippen molar-refractivity contribution in [1.29, 1.82) is 0 Å². The number of aliphatic hydroxyl groups is 1. The minimum atomic E-state index is -0.648. The lowest BCUT2D eigenvalue weighted by Crippen LogP contribution is -2.50. The predicted octanol–water partition coefficient (Wildman–Crippen LogP) is -0.192. The molecule has 0 aromatic heterocycles. The summed E-state index contributed by atoms with van der Waals surface area (Å²) in [5.41, 5.74) is 5.05. The van der Waals surface area contributed by atoms with E-state index in [-0.39, 0.29) is 0 Å². The number of ether oxygens (including phenoxy) is 1. The Bertz CT molecular complexity index is 201. The molecule has 0 bridgehead atoms. The first kappa shape index (κ1) is 11.3. The van der Waals surface area contributed by atoms with Crippen LogP contribution in [0.15, 0.2) is 0 Å². The van der Waals surface area contributed by atoms with Crippen molar-refractivity contribution in [3.05, 3.63) is 0 Å². The van der Waals surface area contributed by atoms with E-state index in [0.29, 0.717) is 12.5 Å². The van der Waals surface area contributed by atoms with Crippen LogP contribution in [0, 0.1) is 5.92 Å². The summed E-state index contributed by atoms with van der Waals surface area (Å²) in [6.45, 7) is 4.68. The van der Waals surface area contributed by atoms with Crippen LogP contribution in [-0.4, -0.2) is 55.0 Å². The van der Waals surface area contributed by atoms with E-state index in [4.69, 9.17) is 10.5 Å². The first-order valence-electron chi connectivity index (χ1n) is 5.97. The van der Waals surface area contributed by atoms with Crippen molar-refractivity contribution >= 4 is 0 Å². The van der Waals surface area contributed by atoms with Gasteiger partial charge in [0.15, 0.2) is 0 Å². The summed E-state index contributed by atoms with van der Waals surface area (Å²) in [4.78, 5) is 2.29. The molecule has 4 heteroatoms. The number of nitrogens with two attached hydrogens (primary N) is 1. The number of nitrogens with zero attached hydrogens (tertiary/aromatic N) is 1. The second kappa shape index (κ2) is 4.78. The minimum Gasteiger partial charge on any atom is -0.387 e. The van der Waals surface area contributed by atoms with E-state index >= 15 is 0 Å². The fraction of sp³-hybridized carbons (Fsp3) is 1.00. The van der Waals surface area contributed by atoms with E-state index in [1.807, 2.05) is 0 Å². The molecule has 1 aliphatic heterocycles. The molecule has 0 spiro atoms. The largest absolute Gasteiger partial charge is 0.387 e. The topological polar surface area (TPSA) is 58.7 Å². The summed E-state index contributed by atoms with van der Waals surface area (Å²) in [7, 11) is 0. The molecule has 1 saturated carbocycles. The van der Waals surface area contributed by atoms with Gasteiger partial charge in [-0.25, -0.2) is 0 Å². The quantitative estimate of drug-likeness (QED) is 0.681. The maximum Gasteiger partial charge on any atom is 0.0923 e. The zero-order valence-corrected chi connectivity index (χ0v) is 9.32. The van der Waals surface area contributed by atoms with E-state index in [2.05, 4.69) is 4.90 Å². The standard InChI is InChI=1S/C11H22N2O2/c12-8-11(14,10-2-3-10)9-13-4-1-6-15-7-5-13/h10,14H,1-9,12H2. The first-order chi connectivity index (χ1) is 7.24. The monoisotopic (exact) mass is 214 g/mol. The molecule has 2 fully saturated rings. The molecule has 0 amide bonds. The molecule has 1 atom stereocenters. The van der Waals surface area contributed by atoms with Crippen LogP contribution in [0.3, 0.4) is 0 Å². The summed E-state index contributed by atoms with van der Waals surface area (Å²) in [5, 5.41) is 10.4. The molecule has 15 heavy (non-hydrogen) atoms. The van der Waals surface area contributed by atoms with E-state index in [9.17, 15) is 5.11 Å². The highest BCUT2D eigenvalue weighted by molar-refractivity contribution is 4.97. The molecule has 0 aromatic rings. The zero-order valence-electron chi connectivity index (χ0n) is 9.32. The molecule has 0 radical (unpaired) electrons. The fourth-order valence-electron chi connectivity index (χ4n) is 2.32. The third kappa shape index (κ3) is 2.91. The SMILES string of the molecule is NCC(O)(CN1CCCOCC1)C1CC1. The maximum absolute atomic E-state index is 10.4. The number of rotatable bonds is 4. The van der Waals surface area contributed by atoms with Gasteiger partial charge in [0.1, 0.15) is 0 Å². The molecule has 2 rings (SSSR count). The van der Waals surface area contributed by atoms with E-state index in [1.54, 1.807) is 0 Å². The van der Waals surface area contributed by atoms with Gasteiger partial charge < -0.3 is 15.6 Å². The maximum atomic E-state index is 10.4. The lowest BCUT2D eigenvalue weighted by molar-refractivity contribution is -0.00852. The lowest BCUT2D eigenvalue weighted by atomic mass is 9.97. The van der Waals surface area contributed by atoms with Crippen molar-refractivity contribution in [1.82, 2.24) is 4.90 Å². The van der Waals surface area contributed by atoms with Crippen molar-refractivity contribution in [2.75, 3.05) is 39.4 Å². The van der Waals surface area contributed by atoms with Crippen LogP contribution in [0.25, 0.3) is 0 Å². The van der Waals surface area contributed by atoms with Gasteiger partial charge in [-0.2, -0.15) is 0 Å². The molecule has 2 aliphatic rings. The third-order valence-corrected chi connectivity index (χ3v) is 3.50. The van der Waals surface area contributed by atoms with Crippen LogP contribution < -0.4 is 5.73 Å². The molecule has 0 aromatic carbocycles. The Kier molecular flexibility index (Phi) is 3.61. The summed E-state index contributed by atoms with van der Waals surface area (Å²) in [5.74, 6) is 0.437. The van der Waals surface area contributed by atoms with Gasteiger partial charge in [-0.15, -0.1) is 0 Å². The highest BCUT2D eigenvalue weighted by Crippen LogP contribution is 2.39. The van der Waals surface area contributed by atoms with Crippen molar-refractivity contribution < 1.29 is 9.84 Å². The van der Waals surface area contributed by atoms with Gasteiger partial charge in [0.05, 0.1) is 12.2 Å². The number of hydrogen-bond donors (Lipinski definition) is 2. The first-order valence-corrected chi connectivity index (χ1v) is 5.97. The molecule has 1 heterocycles. The minimum absolute atomic E-state index is 0.384. The molecular weight excluding hydrogens is 192 g/mol. The second-order valence-corrected chi connectivity index (χ2v) is 4.82. The van der Waals surface area contributed by atoms with Gasteiger partial charge in [-0.3, -0.25) is 4.90 Å². The third-order valence-electron chi connectivity index (χ3n) is 3.50. The van der Waals surface area contributed by atoms with Gasteiger partial charge >= 0.3 is 0 Å². The fourth-order valence-corrected chi connectivity index (χ4v) is 2.32. The van der Waals surface area contributed by atoms with Crippen molar-refractivity contribution in [2.24, 2.45) is 11.7 Å². The summed E-state index contributed by atoms with van der Waals surface area (Å²) >= 11 is 0. The Balaban J connectivity index is 1.87. The molecule has 3 N–H and O–H groups in total. The van der Waals surface area contributed by atoms with Gasteiger partial charge in [-0.05, 0) is 25.2 Å². The van der Waals surface area contributed by atoms with E-state index in [0.717, 1.165) is 52.1 Å². The van der Waals surface area contributed by atoms with Crippen LogP contribution in [-0.2, 0) is 4.74 Å². The van der Waals surface area contributed by atoms with Crippen LogP contribution in [0.1, 0.15) is 19.3 Å². The van der Waals surface area contributed by atoms with Crippen molar-refractivity contribution in [3.63, 3.8) is 0 Å². The summed E-state index contributed by atoms with van der Waals surface area (Å²) < 4.78 is 5.39. The molecule has 88 valence electrons. The van der Waals surface area contributed by atoms with Crippen LogP contribution in [0.2, 0.25) is 0 Å². The van der Waals surface area contributed by atoms with Crippen LogP contribution in [0.5, 0.6) is 0 Å². The highest BCUT2D eigenvalue weighted by atomic mass is 16.5. The zero-order chi connectivity index (χ0) is 10.7. The molecule has 1 unspecified atom stereocenters. The molecule has 1 aliphatic carbocycles. The van der Waals surface area contributed by atoms with Crippen LogP contribution >= 0.6 is 0 Å². The smallest absolute Gasteiger partial charge is 0.0923 e. The average Bonchev–Trinajstić information content (AvgIpc) is 3.05. The lowest BCUT2D eigenvalue weighted by Gasteiger charge is -2.32. The molecular formula is C11H22N2O2. The van der Waals surface area contributed by atoms with Gasteiger partial charge in [-0.1, -0.05) is 0 Å². The Morgan fingerprint density at radius 1 is 1.33 bits per heavy atom. The second-order valence-electron chi connectivity index (χ2n) is 4.82. The van der Waals surface area contributed by atoms with Gasteiger partial charge in [0, 0.05) is 32.8 Å².